The van der Waals surface area contributed by atoms with E-state index >= 15 is 0 Å². The van der Waals surface area contributed by atoms with Crippen LogP contribution < -0.4 is 15.4 Å². The predicted octanol–water partition coefficient (Wildman–Crippen LogP) is 3.90. The number of benzene rings is 2. The molecule has 1 aliphatic heterocycles. The van der Waals surface area contributed by atoms with Crippen LogP contribution in [0.5, 0.6) is 11.5 Å². The van der Waals surface area contributed by atoms with Gasteiger partial charge < -0.3 is 19.9 Å². The van der Waals surface area contributed by atoms with Crippen molar-refractivity contribution < 1.29 is 14.3 Å². The van der Waals surface area contributed by atoms with Crippen molar-refractivity contribution in [1.29, 1.82) is 0 Å². The lowest BCUT2D eigenvalue weighted by atomic mass is 10.2. The molecule has 2 N–H and O–H groups in total. The molecule has 2 aromatic carbocycles. The third kappa shape index (κ3) is 6.05. The molecule has 1 saturated heterocycles. The Hall–Kier alpha value is -3.43. The van der Waals surface area contributed by atoms with Gasteiger partial charge in [-0.15, -0.1) is 11.3 Å². The molecule has 1 aromatic heterocycles. The zero-order chi connectivity index (χ0) is 22.3. The number of nitrogens with zero attached hydrogens (tertiary/aromatic N) is 3. The van der Waals surface area contributed by atoms with Gasteiger partial charge in [0.05, 0.1) is 12.1 Å². The topological polar surface area (TPSA) is 86.8 Å². The normalized spacial score (nSPS) is 14.1. The summed E-state index contributed by atoms with van der Waals surface area (Å²) in [5, 5.41) is 7.97. The lowest BCUT2D eigenvalue weighted by Gasteiger charge is -2.32. The summed E-state index contributed by atoms with van der Waals surface area (Å²) in [6.45, 7) is 3.10. The fourth-order valence-electron chi connectivity index (χ4n) is 3.23. The van der Waals surface area contributed by atoms with Crippen LogP contribution in [0.2, 0.25) is 0 Å². The van der Waals surface area contributed by atoms with Crippen LogP contribution >= 0.6 is 11.3 Å². The maximum atomic E-state index is 12.4. The Labute approximate surface area is 190 Å². The molecule has 4 rings (SSSR count). The van der Waals surface area contributed by atoms with E-state index in [1.165, 1.54) is 11.3 Å². The number of aromatic nitrogens is 1. The number of nitrogens with one attached hydrogen (secondary N) is 2. The number of carbonyl (C=O) groups is 2. The number of carbonyl (C=O) groups excluding carboxylic acids is 2. The Morgan fingerprint density at radius 3 is 2.38 bits per heavy atom. The van der Waals surface area contributed by atoms with Gasteiger partial charge in [-0.25, -0.2) is 9.78 Å². The van der Waals surface area contributed by atoms with Crippen LogP contribution in [0.4, 0.5) is 15.6 Å². The Balaban J connectivity index is 1.25. The maximum absolute atomic E-state index is 12.4. The van der Waals surface area contributed by atoms with E-state index in [0.717, 1.165) is 18.8 Å². The molecule has 0 radical (unpaired) electrons. The van der Waals surface area contributed by atoms with E-state index in [1.807, 2.05) is 37.4 Å². The number of hydrogen-bond donors (Lipinski definition) is 2. The van der Waals surface area contributed by atoms with E-state index in [0.29, 0.717) is 35.4 Å². The first-order valence-electron chi connectivity index (χ1n) is 10.4. The Morgan fingerprint density at radius 2 is 1.66 bits per heavy atom. The number of piperazine rings is 1. The van der Waals surface area contributed by atoms with Crippen LogP contribution in [-0.2, 0) is 11.2 Å². The molecule has 0 unspecified atom stereocenters. The van der Waals surface area contributed by atoms with Crippen molar-refractivity contribution in [2.45, 2.75) is 6.42 Å². The lowest BCUT2D eigenvalue weighted by molar-refractivity contribution is -0.115. The van der Waals surface area contributed by atoms with Gasteiger partial charge in [-0.05, 0) is 43.4 Å². The minimum absolute atomic E-state index is 0.128. The molecule has 3 aromatic rings. The van der Waals surface area contributed by atoms with Crippen LogP contribution in [0, 0.1) is 0 Å². The summed E-state index contributed by atoms with van der Waals surface area (Å²) in [6.07, 6.45) is 0.128. The number of likely N-dealkylation sites (N-methyl/N-ethyl adjacent to an activating group) is 1. The second-order valence-corrected chi connectivity index (χ2v) is 8.39. The van der Waals surface area contributed by atoms with Gasteiger partial charge in [0.25, 0.3) is 0 Å². The summed E-state index contributed by atoms with van der Waals surface area (Å²) in [7, 11) is 2.04. The number of anilines is 2. The van der Waals surface area contributed by atoms with E-state index in [9.17, 15) is 9.59 Å². The Morgan fingerprint density at radius 1 is 0.969 bits per heavy atom. The molecule has 0 spiro atoms. The SMILES string of the molecule is CN1CCN(C(=O)Nc2nc(CC(=O)Nc3ccc(Oc4ccccc4)cc3)cs2)CC1. The minimum atomic E-state index is -0.177. The van der Waals surface area contributed by atoms with Gasteiger partial charge in [-0.1, -0.05) is 18.2 Å². The highest BCUT2D eigenvalue weighted by Crippen LogP contribution is 2.23. The Bertz CT molecular complexity index is 1050. The van der Waals surface area contributed by atoms with Gasteiger partial charge in [0.15, 0.2) is 5.13 Å². The number of ether oxygens (including phenoxy) is 1. The number of amides is 3. The molecule has 9 heteroatoms. The van der Waals surface area contributed by atoms with Crippen molar-refractivity contribution in [2.75, 3.05) is 43.9 Å². The smallest absolute Gasteiger partial charge is 0.323 e. The summed E-state index contributed by atoms with van der Waals surface area (Å²) in [5.41, 5.74) is 1.29. The van der Waals surface area contributed by atoms with Crippen molar-refractivity contribution in [3.8, 4) is 11.5 Å². The first-order chi connectivity index (χ1) is 15.5. The second-order valence-electron chi connectivity index (χ2n) is 7.53. The molecule has 32 heavy (non-hydrogen) atoms. The third-order valence-corrected chi connectivity index (χ3v) is 5.82. The molecule has 0 bridgehead atoms. The van der Waals surface area contributed by atoms with Gasteiger partial charge >= 0.3 is 6.03 Å². The van der Waals surface area contributed by atoms with Crippen LogP contribution in [0.25, 0.3) is 0 Å². The van der Waals surface area contributed by atoms with Gasteiger partial charge in [-0.3, -0.25) is 10.1 Å². The summed E-state index contributed by atoms with van der Waals surface area (Å²) >= 11 is 1.32. The molecule has 0 aliphatic carbocycles. The molecule has 2 heterocycles. The summed E-state index contributed by atoms with van der Waals surface area (Å²) in [6, 6.07) is 16.5. The zero-order valence-electron chi connectivity index (χ0n) is 17.8. The first-order valence-corrected chi connectivity index (χ1v) is 11.2. The third-order valence-electron chi connectivity index (χ3n) is 5.01. The molecule has 0 atom stereocenters. The number of rotatable bonds is 6. The van der Waals surface area contributed by atoms with E-state index in [2.05, 4.69) is 20.5 Å². The van der Waals surface area contributed by atoms with Crippen molar-refractivity contribution >= 4 is 34.1 Å². The molecule has 1 fully saturated rings. The summed E-state index contributed by atoms with van der Waals surface area (Å²) < 4.78 is 5.76. The predicted molar refractivity (Wildman–Crippen MR) is 125 cm³/mol. The van der Waals surface area contributed by atoms with E-state index in [1.54, 1.807) is 34.5 Å². The summed E-state index contributed by atoms with van der Waals surface area (Å²) in [5.74, 6) is 1.27. The molecule has 166 valence electrons. The van der Waals surface area contributed by atoms with Gasteiger partial charge in [-0.2, -0.15) is 0 Å². The second kappa shape index (κ2) is 10.3. The van der Waals surface area contributed by atoms with Crippen LogP contribution in [0.15, 0.2) is 60.0 Å². The lowest BCUT2D eigenvalue weighted by Crippen LogP contribution is -2.48. The van der Waals surface area contributed by atoms with E-state index in [4.69, 9.17) is 4.74 Å². The largest absolute Gasteiger partial charge is 0.457 e. The molecular formula is C23H25N5O3S. The number of para-hydroxylation sites is 1. The highest BCUT2D eigenvalue weighted by molar-refractivity contribution is 7.13. The highest BCUT2D eigenvalue weighted by Gasteiger charge is 2.20. The van der Waals surface area contributed by atoms with Crippen LogP contribution in [0.3, 0.4) is 0 Å². The highest BCUT2D eigenvalue weighted by atomic mass is 32.1. The minimum Gasteiger partial charge on any atom is -0.457 e. The number of hydrogen-bond acceptors (Lipinski definition) is 6. The van der Waals surface area contributed by atoms with E-state index in [-0.39, 0.29) is 18.4 Å². The fourth-order valence-corrected chi connectivity index (χ4v) is 3.93. The fraction of sp³-hybridized carbons (Fsp3) is 0.261. The average molecular weight is 452 g/mol. The van der Waals surface area contributed by atoms with Crippen molar-refractivity contribution in [1.82, 2.24) is 14.8 Å². The first kappa shape index (κ1) is 21.8. The number of urea groups is 1. The monoisotopic (exact) mass is 451 g/mol. The van der Waals surface area contributed by atoms with E-state index < -0.39 is 0 Å². The van der Waals surface area contributed by atoms with Crippen LogP contribution in [0.1, 0.15) is 5.69 Å². The molecular weight excluding hydrogens is 426 g/mol. The quantitative estimate of drug-likeness (QED) is 0.594. The Kier molecular flexibility index (Phi) is 6.98. The number of thiazole rings is 1. The molecule has 1 aliphatic rings. The molecule has 0 saturated carbocycles. The average Bonchev–Trinajstić information content (AvgIpc) is 3.22. The van der Waals surface area contributed by atoms with Crippen LogP contribution in [-0.4, -0.2) is 59.9 Å². The maximum Gasteiger partial charge on any atom is 0.323 e. The molecule has 8 nitrogen and oxygen atoms in total. The zero-order valence-corrected chi connectivity index (χ0v) is 18.6. The van der Waals surface area contributed by atoms with Gasteiger partial charge in [0.1, 0.15) is 11.5 Å². The summed E-state index contributed by atoms with van der Waals surface area (Å²) in [4.78, 5) is 33.1. The standard InChI is InChI=1S/C23H25N5O3S/c1-27-11-13-28(14-12-27)23(30)26-22-25-18(16-32-22)15-21(29)24-17-7-9-20(10-8-17)31-19-5-3-2-4-6-19/h2-10,16H,11-15H2,1H3,(H,24,29)(H,25,26,30). The van der Waals surface area contributed by atoms with Gasteiger partial charge in [0, 0.05) is 37.2 Å². The molecule has 3 amide bonds. The van der Waals surface area contributed by atoms with Crippen molar-refractivity contribution in [3.05, 3.63) is 65.7 Å². The van der Waals surface area contributed by atoms with Crippen molar-refractivity contribution in [2.24, 2.45) is 0 Å². The van der Waals surface area contributed by atoms with Gasteiger partial charge in [0.2, 0.25) is 5.91 Å². The van der Waals surface area contributed by atoms with Crippen molar-refractivity contribution in [3.63, 3.8) is 0 Å².